The molecule has 238 valence electrons. The number of thioether (sulfide) groups is 1. The molecule has 0 saturated heterocycles. The second kappa shape index (κ2) is 16.4. The number of hydrogen-bond donors (Lipinski definition) is 1. The van der Waals surface area contributed by atoms with Gasteiger partial charge in [-0.05, 0) is 99.2 Å². The van der Waals surface area contributed by atoms with E-state index in [-0.39, 0.29) is 29.1 Å². The lowest BCUT2D eigenvalue weighted by atomic mass is 10.1. The Labute approximate surface area is 275 Å². The Morgan fingerprint density at radius 2 is 1.59 bits per heavy atom. The number of ether oxygens (including phenoxy) is 1. The summed E-state index contributed by atoms with van der Waals surface area (Å²) < 4.78 is 34.8. The quantitative estimate of drug-likeness (QED) is 0.173. The summed E-state index contributed by atoms with van der Waals surface area (Å²) in [5, 5.41) is 3.63. The van der Waals surface area contributed by atoms with Crippen LogP contribution in [0.2, 0.25) is 10.0 Å². The molecule has 0 heterocycles. The SMILES string of the molecule is CCOc1ccc(N(CC(=O)N(Cc2ccc(Cl)c(Cl)c2)C(CC)C(=O)NC(C)CC)S(=O)(=O)c2ccc(SC)cc2)cc1. The van der Waals surface area contributed by atoms with Crippen molar-refractivity contribution in [2.45, 2.75) is 69.0 Å². The third-order valence-electron chi connectivity index (χ3n) is 7.09. The Hall–Kier alpha value is -2.92. The molecule has 0 bridgehead atoms. The van der Waals surface area contributed by atoms with Crippen LogP contribution < -0.4 is 14.4 Å². The van der Waals surface area contributed by atoms with E-state index in [1.54, 1.807) is 54.6 Å². The first-order valence-corrected chi connectivity index (χ1v) is 17.8. The molecule has 1 N–H and O–H groups in total. The summed E-state index contributed by atoms with van der Waals surface area (Å²) in [6.45, 7) is 7.42. The van der Waals surface area contributed by atoms with E-state index in [2.05, 4.69) is 5.32 Å². The zero-order chi connectivity index (χ0) is 32.4. The van der Waals surface area contributed by atoms with Gasteiger partial charge in [0.15, 0.2) is 0 Å². The van der Waals surface area contributed by atoms with Crippen LogP contribution in [-0.2, 0) is 26.2 Å². The van der Waals surface area contributed by atoms with E-state index in [0.717, 1.165) is 9.20 Å². The Balaban J connectivity index is 2.08. The molecular weight excluding hydrogens is 641 g/mol. The van der Waals surface area contributed by atoms with Crippen molar-refractivity contribution in [3.8, 4) is 5.75 Å². The fraction of sp³-hybridized carbons (Fsp3) is 0.375. The van der Waals surface area contributed by atoms with E-state index in [4.69, 9.17) is 27.9 Å². The normalized spacial score (nSPS) is 12.7. The first kappa shape index (κ1) is 35.6. The van der Waals surface area contributed by atoms with Gasteiger partial charge in [-0.15, -0.1) is 11.8 Å². The molecule has 3 aromatic rings. The molecular formula is C32H39Cl2N3O5S2. The zero-order valence-electron chi connectivity index (χ0n) is 25.5. The highest BCUT2D eigenvalue weighted by molar-refractivity contribution is 7.98. The number of nitrogens with one attached hydrogen (secondary N) is 1. The smallest absolute Gasteiger partial charge is 0.264 e. The highest BCUT2D eigenvalue weighted by Crippen LogP contribution is 2.29. The number of carbonyl (C=O) groups is 2. The summed E-state index contributed by atoms with van der Waals surface area (Å²) in [6.07, 6.45) is 2.92. The van der Waals surface area contributed by atoms with E-state index in [1.165, 1.54) is 28.8 Å². The van der Waals surface area contributed by atoms with E-state index >= 15 is 0 Å². The van der Waals surface area contributed by atoms with Crippen LogP contribution in [0.1, 0.15) is 46.1 Å². The summed E-state index contributed by atoms with van der Waals surface area (Å²) in [7, 11) is -4.20. The molecule has 2 unspecified atom stereocenters. The molecule has 8 nitrogen and oxygen atoms in total. The molecule has 12 heteroatoms. The number of sulfonamides is 1. The predicted molar refractivity (Wildman–Crippen MR) is 179 cm³/mol. The van der Waals surface area contributed by atoms with Gasteiger partial charge in [0.1, 0.15) is 18.3 Å². The second-order valence-electron chi connectivity index (χ2n) is 10.1. The summed E-state index contributed by atoms with van der Waals surface area (Å²) in [5.41, 5.74) is 0.924. The molecule has 0 saturated carbocycles. The standard InChI is InChI=1S/C32H39Cl2N3O5S2/c1-6-22(4)35-32(39)30(7-2)36(20-23-9-18-28(33)29(34)19-23)31(38)21-37(24-10-12-25(13-11-24)42-8-3)44(40,41)27-16-14-26(43-5)15-17-27/h9-19,22,30H,6-8,20-21H2,1-5H3,(H,35,39). The van der Waals surface area contributed by atoms with E-state index in [0.29, 0.717) is 40.8 Å². The summed E-state index contributed by atoms with van der Waals surface area (Å²) in [4.78, 5) is 30.0. The molecule has 0 spiro atoms. The maximum Gasteiger partial charge on any atom is 0.264 e. The predicted octanol–water partition coefficient (Wildman–Crippen LogP) is 7.03. The Morgan fingerprint density at radius 1 is 0.932 bits per heavy atom. The van der Waals surface area contributed by atoms with Crippen molar-refractivity contribution in [1.82, 2.24) is 10.2 Å². The minimum atomic E-state index is -4.20. The average Bonchev–Trinajstić information content (AvgIpc) is 3.01. The van der Waals surface area contributed by atoms with Crippen molar-refractivity contribution in [3.63, 3.8) is 0 Å². The molecule has 2 amide bonds. The molecule has 0 fully saturated rings. The number of carbonyl (C=O) groups excluding carboxylic acids is 2. The minimum absolute atomic E-state index is 0.0156. The van der Waals surface area contributed by atoms with E-state index in [9.17, 15) is 18.0 Å². The molecule has 0 aromatic heterocycles. The third kappa shape index (κ3) is 9.06. The van der Waals surface area contributed by atoms with E-state index in [1.807, 2.05) is 34.0 Å². The lowest BCUT2D eigenvalue weighted by Crippen LogP contribution is -2.53. The molecule has 3 rings (SSSR count). The van der Waals surface area contributed by atoms with Gasteiger partial charge in [0.2, 0.25) is 11.8 Å². The van der Waals surface area contributed by atoms with Gasteiger partial charge in [-0.25, -0.2) is 8.42 Å². The summed E-state index contributed by atoms with van der Waals surface area (Å²) >= 11 is 13.9. The van der Waals surface area contributed by atoms with Crippen LogP contribution in [0.25, 0.3) is 0 Å². The molecule has 0 radical (unpaired) electrons. The van der Waals surface area contributed by atoms with Gasteiger partial charge in [0.25, 0.3) is 10.0 Å². The monoisotopic (exact) mass is 679 g/mol. The number of amides is 2. The van der Waals surface area contributed by atoms with Gasteiger partial charge in [0.05, 0.1) is 27.2 Å². The molecule has 2 atom stereocenters. The van der Waals surface area contributed by atoms with Crippen molar-refractivity contribution in [2.75, 3.05) is 23.7 Å². The molecule has 0 aliphatic carbocycles. The van der Waals surface area contributed by atoms with Crippen LogP contribution in [0, 0.1) is 0 Å². The maximum absolute atomic E-state index is 14.2. The fourth-order valence-corrected chi connectivity index (χ4v) is 6.62. The number of rotatable bonds is 15. The molecule has 0 aliphatic heterocycles. The number of nitrogens with zero attached hydrogens (tertiary/aromatic N) is 2. The van der Waals surface area contributed by atoms with Crippen molar-refractivity contribution in [2.24, 2.45) is 0 Å². The highest BCUT2D eigenvalue weighted by Gasteiger charge is 2.34. The lowest BCUT2D eigenvalue weighted by Gasteiger charge is -2.33. The largest absolute Gasteiger partial charge is 0.494 e. The van der Waals surface area contributed by atoms with Crippen molar-refractivity contribution in [1.29, 1.82) is 0 Å². The minimum Gasteiger partial charge on any atom is -0.494 e. The fourth-order valence-electron chi connectivity index (χ4n) is 4.47. The highest BCUT2D eigenvalue weighted by atomic mass is 35.5. The van der Waals surface area contributed by atoms with Gasteiger partial charge < -0.3 is 15.0 Å². The van der Waals surface area contributed by atoms with Crippen LogP contribution in [0.4, 0.5) is 5.69 Å². The zero-order valence-corrected chi connectivity index (χ0v) is 28.7. The summed E-state index contributed by atoms with van der Waals surface area (Å²) in [6, 6.07) is 17.0. The van der Waals surface area contributed by atoms with Gasteiger partial charge in [-0.1, -0.05) is 43.1 Å². The van der Waals surface area contributed by atoms with Crippen molar-refractivity contribution >= 4 is 62.5 Å². The molecule has 3 aromatic carbocycles. The average molecular weight is 681 g/mol. The third-order valence-corrected chi connectivity index (χ3v) is 10.4. The molecule has 44 heavy (non-hydrogen) atoms. The first-order chi connectivity index (χ1) is 20.9. The summed E-state index contributed by atoms with van der Waals surface area (Å²) in [5.74, 6) is -0.308. The Bertz CT molecular complexity index is 1520. The van der Waals surface area contributed by atoms with Gasteiger partial charge in [-0.3, -0.25) is 13.9 Å². The number of anilines is 1. The Kier molecular flexibility index (Phi) is 13.3. The van der Waals surface area contributed by atoms with Gasteiger partial charge in [0, 0.05) is 17.5 Å². The van der Waals surface area contributed by atoms with Gasteiger partial charge in [-0.2, -0.15) is 0 Å². The van der Waals surface area contributed by atoms with Crippen LogP contribution in [0.15, 0.2) is 76.5 Å². The van der Waals surface area contributed by atoms with Crippen LogP contribution >= 0.6 is 35.0 Å². The maximum atomic E-state index is 14.2. The topological polar surface area (TPSA) is 96.0 Å². The second-order valence-corrected chi connectivity index (χ2v) is 13.7. The first-order valence-electron chi connectivity index (χ1n) is 14.4. The van der Waals surface area contributed by atoms with E-state index < -0.39 is 28.5 Å². The van der Waals surface area contributed by atoms with Gasteiger partial charge >= 0.3 is 0 Å². The van der Waals surface area contributed by atoms with Crippen LogP contribution in [0.5, 0.6) is 5.75 Å². The number of halogens is 2. The van der Waals surface area contributed by atoms with Crippen LogP contribution in [-0.4, -0.2) is 56.6 Å². The lowest BCUT2D eigenvalue weighted by molar-refractivity contribution is -0.140. The Morgan fingerprint density at radius 3 is 2.14 bits per heavy atom. The van der Waals surface area contributed by atoms with Crippen molar-refractivity contribution < 1.29 is 22.7 Å². The molecule has 0 aliphatic rings. The van der Waals surface area contributed by atoms with Crippen LogP contribution in [0.3, 0.4) is 0 Å². The number of hydrogen-bond acceptors (Lipinski definition) is 6. The number of benzene rings is 3. The van der Waals surface area contributed by atoms with Crippen molar-refractivity contribution in [3.05, 3.63) is 82.3 Å².